The molecule has 0 saturated heterocycles. The molecule has 9 heteroatoms. The number of carbonyl (C=O) groups is 2. The molecule has 1 heterocycles. The molecule has 3 rings (SSSR count). The predicted octanol–water partition coefficient (Wildman–Crippen LogP) is 2.65. The van der Waals surface area contributed by atoms with Gasteiger partial charge in [0.25, 0.3) is 11.5 Å². The van der Waals surface area contributed by atoms with Gasteiger partial charge in [0.2, 0.25) is 0 Å². The summed E-state index contributed by atoms with van der Waals surface area (Å²) in [7, 11) is 0. The van der Waals surface area contributed by atoms with E-state index in [0.29, 0.717) is 16.6 Å². The number of anilines is 1. The summed E-state index contributed by atoms with van der Waals surface area (Å²) in [5.74, 6) is -1.14. The van der Waals surface area contributed by atoms with E-state index in [9.17, 15) is 14.4 Å². The van der Waals surface area contributed by atoms with E-state index in [0.717, 1.165) is 4.47 Å². The molecule has 0 unspecified atom stereocenters. The van der Waals surface area contributed by atoms with E-state index in [1.807, 2.05) is 6.07 Å². The van der Waals surface area contributed by atoms with Crippen molar-refractivity contribution in [1.29, 1.82) is 5.26 Å². The predicted molar refractivity (Wildman–Crippen MR) is 114 cm³/mol. The highest BCUT2D eigenvalue weighted by atomic mass is 79.9. The van der Waals surface area contributed by atoms with E-state index in [-0.39, 0.29) is 25.1 Å². The molecule has 1 amide bonds. The van der Waals surface area contributed by atoms with Crippen LogP contribution in [0.5, 0.6) is 0 Å². The van der Waals surface area contributed by atoms with Crippen LogP contribution in [0, 0.1) is 11.3 Å². The normalized spacial score (nSPS) is 10.4. The highest BCUT2D eigenvalue weighted by Crippen LogP contribution is 2.15. The number of carbonyl (C=O) groups excluding carboxylic acids is 2. The molecule has 30 heavy (non-hydrogen) atoms. The van der Waals surface area contributed by atoms with E-state index in [1.54, 1.807) is 48.5 Å². The summed E-state index contributed by atoms with van der Waals surface area (Å²) in [6.07, 6.45) is 1.28. The van der Waals surface area contributed by atoms with E-state index in [4.69, 9.17) is 10.00 Å². The van der Waals surface area contributed by atoms with E-state index in [1.165, 1.54) is 15.8 Å². The summed E-state index contributed by atoms with van der Waals surface area (Å²) in [5, 5.41) is 9.40. The Kier molecular flexibility index (Phi) is 6.93. The fourth-order valence-electron chi connectivity index (χ4n) is 2.80. The van der Waals surface area contributed by atoms with Crippen molar-refractivity contribution in [2.75, 3.05) is 18.1 Å². The zero-order valence-electron chi connectivity index (χ0n) is 15.8. The first-order valence-electron chi connectivity index (χ1n) is 9.02. The summed E-state index contributed by atoms with van der Waals surface area (Å²) >= 11 is 3.32. The number of amides is 1. The number of para-hydroxylation sites is 1. The summed E-state index contributed by atoms with van der Waals surface area (Å²) < 4.78 is 7.12. The van der Waals surface area contributed by atoms with Gasteiger partial charge in [-0.05, 0) is 30.3 Å². The highest BCUT2D eigenvalue weighted by molar-refractivity contribution is 9.10. The Morgan fingerprint density at radius 2 is 1.97 bits per heavy atom. The van der Waals surface area contributed by atoms with Crippen LogP contribution < -0.4 is 10.5 Å². The van der Waals surface area contributed by atoms with Gasteiger partial charge in [-0.25, -0.2) is 4.98 Å². The fourth-order valence-corrected chi connectivity index (χ4v) is 3.16. The monoisotopic (exact) mass is 468 g/mol. The molecule has 0 N–H and O–H groups in total. The van der Waals surface area contributed by atoms with Gasteiger partial charge >= 0.3 is 5.97 Å². The Labute approximate surface area is 180 Å². The van der Waals surface area contributed by atoms with Crippen LogP contribution in [0.15, 0.2) is 64.1 Å². The van der Waals surface area contributed by atoms with Crippen LogP contribution in [0.2, 0.25) is 0 Å². The number of aryl methyl sites for hydroxylation is 1. The summed E-state index contributed by atoms with van der Waals surface area (Å²) in [6, 6.07) is 15.8. The van der Waals surface area contributed by atoms with Gasteiger partial charge in [0.05, 0.1) is 29.7 Å². The number of nitrogens with zero attached hydrogens (tertiary/aromatic N) is 4. The van der Waals surface area contributed by atoms with E-state index < -0.39 is 18.5 Å². The molecule has 0 radical (unpaired) electrons. The Hall–Kier alpha value is -3.51. The first-order valence-corrected chi connectivity index (χ1v) is 9.81. The third-order valence-electron chi connectivity index (χ3n) is 4.30. The number of ether oxygens (including phenoxy) is 1. The molecule has 0 bridgehead atoms. The molecule has 3 aromatic rings. The molecule has 0 spiro atoms. The maximum Gasteiger partial charge on any atom is 0.308 e. The molecular formula is C21H17BrN4O4. The van der Waals surface area contributed by atoms with E-state index in [2.05, 4.69) is 20.9 Å². The lowest BCUT2D eigenvalue weighted by molar-refractivity contribution is -0.148. The van der Waals surface area contributed by atoms with Crippen molar-refractivity contribution in [2.24, 2.45) is 0 Å². The molecule has 0 atom stereocenters. The van der Waals surface area contributed by atoms with Crippen LogP contribution in [0.4, 0.5) is 5.69 Å². The molecule has 0 aliphatic rings. The minimum absolute atomic E-state index is 0.0713. The molecule has 0 saturated carbocycles. The van der Waals surface area contributed by atoms with E-state index >= 15 is 0 Å². The van der Waals surface area contributed by atoms with Crippen molar-refractivity contribution in [3.63, 3.8) is 0 Å². The van der Waals surface area contributed by atoms with Crippen LogP contribution >= 0.6 is 15.9 Å². The largest absolute Gasteiger partial charge is 0.455 e. The molecule has 1 aromatic heterocycles. The van der Waals surface area contributed by atoms with Crippen LogP contribution in [-0.2, 0) is 20.9 Å². The van der Waals surface area contributed by atoms with Crippen molar-refractivity contribution >= 4 is 44.4 Å². The second kappa shape index (κ2) is 9.80. The van der Waals surface area contributed by atoms with Gasteiger partial charge < -0.3 is 4.74 Å². The smallest absolute Gasteiger partial charge is 0.308 e. The second-order valence-electron chi connectivity index (χ2n) is 6.29. The zero-order chi connectivity index (χ0) is 21.5. The Bertz CT molecular complexity index is 1170. The molecule has 152 valence electrons. The van der Waals surface area contributed by atoms with Crippen molar-refractivity contribution in [1.82, 2.24) is 9.55 Å². The highest BCUT2D eigenvalue weighted by Gasteiger charge is 2.17. The third-order valence-corrected chi connectivity index (χ3v) is 4.79. The molecule has 8 nitrogen and oxygen atoms in total. The summed E-state index contributed by atoms with van der Waals surface area (Å²) in [6.45, 7) is -0.580. The van der Waals surface area contributed by atoms with Gasteiger partial charge in [-0.2, -0.15) is 5.26 Å². The Morgan fingerprint density at radius 1 is 1.20 bits per heavy atom. The topological polar surface area (TPSA) is 105 Å². The molecule has 0 aliphatic carbocycles. The fraction of sp³-hybridized carbons (Fsp3) is 0.190. The van der Waals surface area contributed by atoms with Crippen LogP contribution in [0.1, 0.15) is 6.42 Å². The minimum atomic E-state index is -0.630. The quantitative estimate of drug-likeness (QED) is 0.389. The maximum atomic E-state index is 12.5. The number of hydrogen-bond donors (Lipinski definition) is 0. The minimum Gasteiger partial charge on any atom is -0.455 e. The van der Waals surface area contributed by atoms with Gasteiger partial charge in [-0.3, -0.25) is 23.9 Å². The molecule has 2 aromatic carbocycles. The van der Waals surface area contributed by atoms with Crippen LogP contribution in [0.25, 0.3) is 10.9 Å². The first kappa shape index (κ1) is 21.2. The number of fused-ring (bicyclic) bond motifs is 1. The number of halogens is 1. The number of hydrogen-bond acceptors (Lipinski definition) is 6. The molecular weight excluding hydrogens is 452 g/mol. The molecule has 0 aliphatic heterocycles. The summed E-state index contributed by atoms with van der Waals surface area (Å²) in [4.78, 5) is 42.4. The zero-order valence-corrected chi connectivity index (χ0v) is 17.4. The average molecular weight is 469 g/mol. The van der Waals surface area contributed by atoms with Crippen LogP contribution in [0.3, 0.4) is 0 Å². The SMILES string of the molecule is N#CCN(C(=O)COC(=O)CCn1cnc2ccc(Br)cc2c1=O)c1ccccc1. The number of benzene rings is 2. The molecule has 0 fully saturated rings. The van der Waals surface area contributed by atoms with Gasteiger partial charge in [0.1, 0.15) is 6.54 Å². The van der Waals surface area contributed by atoms with Crippen LogP contribution in [-0.4, -0.2) is 34.6 Å². The number of esters is 1. The van der Waals surface area contributed by atoms with Gasteiger partial charge in [0.15, 0.2) is 6.61 Å². The lowest BCUT2D eigenvalue weighted by atomic mass is 10.2. The lowest BCUT2D eigenvalue weighted by Crippen LogP contribution is -2.35. The maximum absolute atomic E-state index is 12.5. The van der Waals surface area contributed by atoms with Crippen molar-refractivity contribution in [3.05, 3.63) is 69.7 Å². The summed E-state index contributed by atoms with van der Waals surface area (Å²) in [5.41, 5.74) is 0.834. The Balaban J connectivity index is 1.59. The van der Waals surface area contributed by atoms with Gasteiger partial charge in [-0.1, -0.05) is 34.1 Å². The van der Waals surface area contributed by atoms with Crippen molar-refractivity contribution in [2.45, 2.75) is 13.0 Å². The van der Waals surface area contributed by atoms with Gasteiger partial charge in [0, 0.05) is 16.7 Å². The Morgan fingerprint density at radius 3 is 2.70 bits per heavy atom. The number of aromatic nitrogens is 2. The van der Waals surface area contributed by atoms with Crippen molar-refractivity contribution < 1.29 is 14.3 Å². The number of rotatable bonds is 7. The number of nitriles is 1. The first-order chi connectivity index (χ1) is 14.5. The standard InChI is InChI=1S/C21H17BrN4O4/c22-15-6-7-18-17(12-15)21(29)25(14-24-18)10-8-20(28)30-13-19(27)26(11-9-23)16-4-2-1-3-5-16/h1-7,12,14H,8,10-11,13H2. The van der Waals surface area contributed by atoms with Crippen molar-refractivity contribution in [3.8, 4) is 6.07 Å². The second-order valence-corrected chi connectivity index (χ2v) is 7.20. The van der Waals surface area contributed by atoms with Gasteiger partial charge in [-0.15, -0.1) is 0 Å². The average Bonchev–Trinajstić information content (AvgIpc) is 2.76. The lowest BCUT2D eigenvalue weighted by Gasteiger charge is -2.19. The third kappa shape index (κ3) is 5.10.